The Morgan fingerprint density at radius 2 is 1.94 bits per heavy atom. The number of hydrogen-bond donors (Lipinski definition) is 3. The van der Waals surface area contributed by atoms with Gasteiger partial charge in [0.1, 0.15) is 26.9 Å². The van der Waals surface area contributed by atoms with E-state index in [0.717, 1.165) is 18.4 Å². The van der Waals surface area contributed by atoms with E-state index < -0.39 is 15.0 Å². The lowest BCUT2D eigenvalue weighted by Crippen LogP contribution is -2.18. The predicted molar refractivity (Wildman–Crippen MR) is 135 cm³/mol. The van der Waals surface area contributed by atoms with E-state index in [0.29, 0.717) is 29.4 Å². The topological polar surface area (TPSA) is 140 Å². The minimum absolute atomic E-state index is 0.0187. The van der Waals surface area contributed by atoms with Gasteiger partial charge in [-0.3, -0.25) is 9.55 Å². The van der Waals surface area contributed by atoms with Crippen molar-refractivity contribution in [1.29, 1.82) is 0 Å². The fraction of sp³-hybridized carbons (Fsp3) is 0.217. The Kier molecular flexibility index (Phi) is 5.79. The van der Waals surface area contributed by atoms with Crippen LogP contribution in [0.5, 0.6) is 11.5 Å². The smallest absolute Gasteiger partial charge is 0.300 e. The van der Waals surface area contributed by atoms with Gasteiger partial charge in [0.2, 0.25) is 0 Å². The standard InChI is InChI=1S/C23H20Cl2N4O5S/c1-3-4-9-27-14-8-7-13-20(23(14)35(30,31)32)34-22-16(25)17-21(15(24)18(22)29-13)33-19-10(2)11(26)5-6-12(19)28-17/h5-8,28H,3-4,9,26H2,1-2H3,(H,30,31,32). The number of nitrogens with zero attached hydrogens (tertiary/aromatic N) is 2. The SMILES string of the molecule is CCCCN=c1ccc2nc3c(Cl)c4c(c(Cl)c3oc-2c1S(=O)(=O)O)Nc1ccc(N)c(C)c1O4. The Bertz CT molecular complexity index is 1670. The Balaban J connectivity index is 1.81. The van der Waals surface area contributed by atoms with Crippen LogP contribution in [0.2, 0.25) is 10.0 Å². The quantitative estimate of drug-likeness (QED) is 0.111. The highest BCUT2D eigenvalue weighted by Gasteiger charge is 2.31. The molecule has 2 aromatic rings. The third-order valence-corrected chi connectivity index (χ3v) is 7.36. The molecule has 35 heavy (non-hydrogen) atoms. The van der Waals surface area contributed by atoms with Crippen LogP contribution in [0, 0.1) is 6.92 Å². The number of nitrogens with two attached hydrogens (primary N) is 1. The van der Waals surface area contributed by atoms with Crippen LogP contribution in [-0.2, 0) is 10.1 Å². The first kappa shape index (κ1) is 23.7. The summed E-state index contributed by atoms with van der Waals surface area (Å²) in [6.45, 7) is 4.19. The van der Waals surface area contributed by atoms with Crippen molar-refractivity contribution in [3.63, 3.8) is 0 Å². The van der Waals surface area contributed by atoms with Crippen LogP contribution in [0.25, 0.3) is 22.6 Å². The molecule has 0 amide bonds. The van der Waals surface area contributed by atoms with Gasteiger partial charge in [0.05, 0.1) is 11.0 Å². The van der Waals surface area contributed by atoms with Crippen LogP contribution in [0.3, 0.4) is 0 Å². The molecule has 0 unspecified atom stereocenters. The molecule has 0 saturated carbocycles. The number of fused-ring (bicyclic) bond motifs is 4. The molecule has 182 valence electrons. The van der Waals surface area contributed by atoms with Crippen molar-refractivity contribution in [2.24, 2.45) is 4.99 Å². The highest BCUT2D eigenvalue weighted by atomic mass is 35.5. The van der Waals surface area contributed by atoms with Gasteiger partial charge in [-0.25, -0.2) is 4.98 Å². The van der Waals surface area contributed by atoms with Crippen molar-refractivity contribution in [3.05, 3.63) is 45.2 Å². The van der Waals surface area contributed by atoms with Gasteiger partial charge in [-0.1, -0.05) is 36.5 Å². The van der Waals surface area contributed by atoms with E-state index in [2.05, 4.69) is 15.3 Å². The van der Waals surface area contributed by atoms with Gasteiger partial charge in [-0.2, -0.15) is 8.42 Å². The van der Waals surface area contributed by atoms with E-state index in [9.17, 15) is 13.0 Å². The van der Waals surface area contributed by atoms with Crippen LogP contribution < -0.4 is 21.1 Å². The maximum atomic E-state index is 12.3. The van der Waals surface area contributed by atoms with Gasteiger partial charge in [0, 0.05) is 17.8 Å². The lowest BCUT2D eigenvalue weighted by atomic mass is 10.1. The molecule has 0 aromatic heterocycles. The zero-order valence-corrected chi connectivity index (χ0v) is 21.0. The van der Waals surface area contributed by atoms with Crippen LogP contribution in [-0.4, -0.2) is 24.5 Å². The zero-order chi connectivity index (χ0) is 25.1. The molecule has 9 nitrogen and oxygen atoms in total. The zero-order valence-electron chi connectivity index (χ0n) is 18.6. The fourth-order valence-corrected chi connectivity index (χ4v) is 5.19. The van der Waals surface area contributed by atoms with E-state index in [-0.39, 0.29) is 43.7 Å². The molecule has 4 N–H and O–H groups in total. The number of hydrogen-bond acceptors (Lipinski definition) is 8. The number of halogens is 2. The molecule has 0 saturated heterocycles. The number of nitrogens with one attached hydrogen (secondary N) is 1. The minimum atomic E-state index is -4.71. The van der Waals surface area contributed by atoms with Crippen molar-refractivity contribution in [3.8, 4) is 23.0 Å². The summed E-state index contributed by atoms with van der Waals surface area (Å²) >= 11 is 13.4. The third-order valence-electron chi connectivity index (χ3n) is 5.74. The summed E-state index contributed by atoms with van der Waals surface area (Å²) < 4.78 is 46.7. The van der Waals surface area contributed by atoms with Crippen LogP contribution in [0.1, 0.15) is 25.3 Å². The van der Waals surface area contributed by atoms with Crippen LogP contribution in [0.15, 0.2) is 38.6 Å². The molecule has 2 heterocycles. The highest BCUT2D eigenvalue weighted by molar-refractivity contribution is 7.86. The Morgan fingerprint density at radius 1 is 1.17 bits per heavy atom. The number of nitrogen functional groups attached to an aromatic ring is 1. The molecular weight excluding hydrogens is 515 g/mol. The molecule has 3 aliphatic rings. The van der Waals surface area contributed by atoms with E-state index in [1.165, 1.54) is 6.07 Å². The molecule has 0 radical (unpaired) electrons. The summed E-state index contributed by atoms with van der Waals surface area (Å²) in [5.74, 6) is 0.546. The van der Waals surface area contributed by atoms with Crippen molar-refractivity contribution < 1.29 is 22.1 Å². The van der Waals surface area contributed by atoms with Crippen LogP contribution in [0.4, 0.5) is 17.1 Å². The molecule has 0 bridgehead atoms. The van der Waals surface area contributed by atoms with Crippen molar-refractivity contribution in [1.82, 2.24) is 4.98 Å². The second-order valence-electron chi connectivity index (χ2n) is 8.08. The molecular formula is C23H20Cl2N4O5S. The maximum Gasteiger partial charge on any atom is 0.300 e. The molecule has 0 fully saturated rings. The average molecular weight is 535 g/mol. The van der Waals surface area contributed by atoms with Gasteiger partial charge < -0.3 is 20.2 Å². The van der Waals surface area contributed by atoms with E-state index >= 15 is 0 Å². The monoisotopic (exact) mass is 534 g/mol. The van der Waals surface area contributed by atoms with Crippen LogP contribution >= 0.6 is 23.2 Å². The average Bonchev–Trinajstić information content (AvgIpc) is 2.82. The Hall–Kier alpha value is -3.05. The molecule has 0 atom stereocenters. The number of rotatable bonds is 4. The van der Waals surface area contributed by atoms with Crippen molar-refractivity contribution in [2.75, 3.05) is 17.6 Å². The molecule has 2 aromatic carbocycles. The van der Waals surface area contributed by atoms with Gasteiger partial charge in [-0.15, -0.1) is 0 Å². The number of anilines is 3. The number of aromatic nitrogens is 1. The normalized spacial score (nSPS) is 13.5. The van der Waals surface area contributed by atoms with Crippen molar-refractivity contribution in [2.45, 2.75) is 31.6 Å². The third kappa shape index (κ3) is 3.86. The second-order valence-corrected chi connectivity index (χ2v) is 10.2. The Morgan fingerprint density at radius 3 is 2.66 bits per heavy atom. The minimum Gasteiger partial charge on any atom is -0.451 e. The fourth-order valence-electron chi connectivity index (χ4n) is 3.89. The predicted octanol–water partition coefficient (Wildman–Crippen LogP) is 5.93. The molecule has 2 aliphatic heterocycles. The first-order valence-electron chi connectivity index (χ1n) is 10.7. The van der Waals surface area contributed by atoms with Gasteiger partial charge >= 0.3 is 10.1 Å². The van der Waals surface area contributed by atoms with Crippen molar-refractivity contribution >= 4 is 61.5 Å². The summed E-state index contributed by atoms with van der Waals surface area (Å²) in [6.07, 6.45) is 1.63. The first-order chi connectivity index (χ1) is 16.6. The summed E-state index contributed by atoms with van der Waals surface area (Å²) in [5.41, 5.74) is 8.54. The number of unbranched alkanes of at least 4 members (excludes halogenated alkanes) is 1. The molecule has 5 rings (SSSR count). The molecule has 0 spiro atoms. The summed E-state index contributed by atoms with van der Waals surface area (Å²) in [4.78, 5) is 8.33. The number of benzene rings is 3. The largest absolute Gasteiger partial charge is 0.451 e. The van der Waals surface area contributed by atoms with E-state index in [4.69, 9.17) is 38.1 Å². The lowest BCUT2D eigenvalue weighted by molar-refractivity contribution is 0.475. The highest BCUT2D eigenvalue weighted by Crippen LogP contribution is 2.54. The summed E-state index contributed by atoms with van der Waals surface area (Å²) in [5, 5.41) is 3.43. The van der Waals surface area contributed by atoms with Gasteiger partial charge in [-0.05, 0) is 37.6 Å². The molecule has 12 heteroatoms. The van der Waals surface area contributed by atoms with Gasteiger partial charge in [0.25, 0.3) is 0 Å². The van der Waals surface area contributed by atoms with Gasteiger partial charge in [0.15, 0.2) is 27.7 Å². The number of ether oxygens (including phenoxy) is 1. The van der Waals surface area contributed by atoms with E-state index in [1.807, 2.05) is 13.8 Å². The molecule has 1 aliphatic carbocycles. The summed E-state index contributed by atoms with van der Waals surface area (Å²) in [6, 6.07) is 6.48. The van der Waals surface area contributed by atoms with E-state index in [1.54, 1.807) is 18.2 Å². The maximum absolute atomic E-state index is 12.3. The first-order valence-corrected chi connectivity index (χ1v) is 12.9. The summed E-state index contributed by atoms with van der Waals surface area (Å²) in [7, 11) is -4.71. The second kappa shape index (κ2) is 8.56. The lowest BCUT2D eigenvalue weighted by Gasteiger charge is -2.26. The Labute approximate surface area is 210 Å².